The monoisotopic (exact) mass is 349 g/mol. The lowest BCUT2D eigenvalue weighted by Crippen LogP contribution is -2.30. The van der Waals surface area contributed by atoms with E-state index in [9.17, 15) is 13.2 Å². The molecule has 130 valence electrons. The summed E-state index contributed by atoms with van der Waals surface area (Å²) in [7, 11) is -2.89. The van der Waals surface area contributed by atoms with E-state index in [0.29, 0.717) is 25.9 Å². The van der Waals surface area contributed by atoms with Crippen LogP contribution in [0.5, 0.6) is 0 Å². The van der Waals surface area contributed by atoms with Gasteiger partial charge >= 0.3 is 0 Å². The third kappa shape index (κ3) is 3.77. The van der Waals surface area contributed by atoms with Gasteiger partial charge in [-0.15, -0.1) is 0 Å². The zero-order valence-electron chi connectivity index (χ0n) is 13.9. The summed E-state index contributed by atoms with van der Waals surface area (Å²) in [6, 6.07) is 7.93. The molecule has 1 atom stereocenters. The maximum Gasteiger partial charge on any atom is 0.221 e. The number of sulfone groups is 1. The maximum atomic E-state index is 12.1. The molecule has 0 radical (unpaired) electrons. The highest BCUT2D eigenvalue weighted by Crippen LogP contribution is 2.18. The smallest absolute Gasteiger partial charge is 0.221 e. The van der Waals surface area contributed by atoms with Gasteiger partial charge in [-0.1, -0.05) is 19.1 Å². The highest BCUT2D eigenvalue weighted by Gasteiger charge is 2.27. The Morgan fingerprint density at radius 2 is 2.17 bits per heavy atom. The van der Waals surface area contributed by atoms with Crippen molar-refractivity contribution in [1.82, 2.24) is 14.9 Å². The lowest BCUT2D eigenvalue weighted by molar-refractivity contribution is -0.121. The number of amides is 1. The number of rotatable bonds is 6. The van der Waals surface area contributed by atoms with E-state index in [1.807, 2.05) is 24.3 Å². The molecule has 0 spiro atoms. The summed E-state index contributed by atoms with van der Waals surface area (Å²) in [6.07, 6.45) is 1.83. The van der Waals surface area contributed by atoms with Crippen molar-refractivity contribution in [2.24, 2.45) is 5.92 Å². The fourth-order valence-electron chi connectivity index (χ4n) is 3.24. The van der Waals surface area contributed by atoms with Gasteiger partial charge in [0, 0.05) is 25.9 Å². The topological polar surface area (TPSA) is 81.1 Å². The lowest BCUT2D eigenvalue weighted by atomic mass is 10.1. The minimum atomic E-state index is -2.89. The fraction of sp³-hybridized carbons (Fsp3) is 0.529. The number of aromatic nitrogens is 2. The minimum Gasteiger partial charge on any atom is -0.356 e. The van der Waals surface area contributed by atoms with Gasteiger partial charge in [0.25, 0.3) is 0 Å². The second-order valence-corrected chi connectivity index (χ2v) is 8.57. The standard InChI is InChI=1S/C17H23N3O3S/c1-2-16-19-14-5-3-4-6-15(14)20(16)9-7-17(21)18-11-13-8-10-24(22,23)12-13/h3-6,13H,2,7-12H2,1H3,(H,18,21). The molecule has 1 N–H and O–H groups in total. The van der Waals surface area contributed by atoms with Crippen LogP contribution in [0, 0.1) is 5.92 Å². The number of benzene rings is 1. The number of fused-ring (bicyclic) bond motifs is 1. The number of carbonyl (C=O) groups is 1. The van der Waals surface area contributed by atoms with E-state index < -0.39 is 9.84 Å². The summed E-state index contributed by atoms with van der Waals surface area (Å²) in [5.74, 6) is 1.43. The van der Waals surface area contributed by atoms with Crippen LogP contribution in [0.3, 0.4) is 0 Å². The van der Waals surface area contributed by atoms with Gasteiger partial charge in [0.2, 0.25) is 5.91 Å². The second-order valence-electron chi connectivity index (χ2n) is 6.35. The van der Waals surface area contributed by atoms with Gasteiger partial charge < -0.3 is 9.88 Å². The number of nitrogens with one attached hydrogen (secondary N) is 1. The molecule has 1 fully saturated rings. The molecule has 1 saturated heterocycles. The molecule has 3 rings (SSSR count). The predicted molar refractivity (Wildman–Crippen MR) is 93.5 cm³/mol. The molecule has 1 unspecified atom stereocenters. The highest BCUT2D eigenvalue weighted by molar-refractivity contribution is 7.91. The van der Waals surface area contributed by atoms with E-state index in [0.717, 1.165) is 23.3 Å². The minimum absolute atomic E-state index is 0.0425. The summed E-state index contributed by atoms with van der Waals surface area (Å²) >= 11 is 0. The van der Waals surface area contributed by atoms with Crippen molar-refractivity contribution in [3.8, 4) is 0 Å². The Bertz CT molecular complexity index is 842. The Morgan fingerprint density at radius 3 is 2.88 bits per heavy atom. The molecule has 1 aliphatic rings. The normalized spacial score (nSPS) is 19.6. The molecule has 6 nitrogen and oxygen atoms in total. The first-order valence-electron chi connectivity index (χ1n) is 8.40. The lowest BCUT2D eigenvalue weighted by Gasteiger charge is -2.11. The Hall–Kier alpha value is -1.89. The van der Waals surface area contributed by atoms with Crippen molar-refractivity contribution in [2.75, 3.05) is 18.1 Å². The van der Waals surface area contributed by atoms with Crippen LogP contribution in [0.25, 0.3) is 11.0 Å². The summed E-state index contributed by atoms with van der Waals surface area (Å²) in [5, 5.41) is 2.87. The zero-order chi connectivity index (χ0) is 17.2. The zero-order valence-corrected chi connectivity index (χ0v) is 14.7. The third-order valence-corrected chi connectivity index (χ3v) is 6.36. The van der Waals surface area contributed by atoms with Crippen LogP contribution in [0.2, 0.25) is 0 Å². The quantitative estimate of drug-likeness (QED) is 0.858. The molecule has 1 aromatic carbocycles. The van der Waals surface area contributed by atoms with Crippen LogP contribution in [0.15, 0.2) is 24.3 Å². The van der Waals surface area contributed by atoms with Crippen molar-refractivity contribution in [3.63, 3.8) is 0 Å². The Labute approximate surface area is 142 Å². The molecule has 1 aromatic heterocycles. The van der Waals surface area contributed by atoms with Gasteiger partial charge in [-0.05, 0) is 24.5 Å². The second kappa shape index (κ2) is 6.93. The Morgan fingerprint density at radius 1 is 1.38 bits per heavy atom. The Kier molecular flexibility index (Phi) is 4.89. The van der Waals surface area contributed by atoms with Crippen LogP contribution < -0.4 is 5.32 Å². The van der Waals surface area contributed by atoms with E-state index >= 15 is 0 Å². The van der Waals surface area contributed by atoms with E-state index in [2.05, 4.69) is 21.8 Å². The molecule has 1 aliphatic heterocycles. The third-order valence-electron chi connectivity index (χ3n) is 4.53. The molecule has 24 heavy (non-hydrogen) atoms. The summed E-state index contributed by atoms with van der Waals surface area (Å²) in [4.78, 5) is 16.7. The average molecular weight is 349 g/mol. The molecule has 1 amide bonds. The molecule has 0 bridgehead atoms. The molecule has 7 heteroatoms. The van der Waals surface area contributed by atoms with Crippen LogP contribution in [0.4, 0.5) is 0 Å². The summed E-state index contributed by atoms with van der Waals surface area (Å²) < 4.78 is 25.0. The van der Waals surface area contributed by atoms with Gasteiger partial charge in [-0.2, -0.15) is 0 Å². The number of para-hydroxylation sites is 2. The first kappa shape index (κ1) is 17.0. The number of hydrogen-bond donors (Lipinski definition) is 1. The SMILES string of the molecule is CCc1nc2ccccc2n1CCC(=O)NCC1CCS(=O)(=O)C1. The molecule has 0 saturated carbocycles. The van der Waals surface area contributed by atoms with E-state index in [-0.39, 0.29) is 23.3 Å². The summed E-state index contributed by atoms with van der Waals surface area (Å²) in [5.41, 5.74) is 2.00. The van der Waals surface area contributed by atoms with Gasteiger partial charge in [-0.25, -0.2) is 13.4 Å². The number of carbonyl (C=O) groups excluding carboxylic acids is 1. The van der Waals surface area contributed by atoms with E-state index in [1.54, 1.807) is 0 Å². The number of imidazole rings is 1. The summed E-state index contributed by atoms with van der Waals surface area (Å²) in [6.45, 7) is 3.08. The van der Waals surface area contributed by atoms with Crippen LogP contribution in [-0.4, -0.2) is 41.9 Å². The van der Waals surface area contributed by atoms with Crippen molar-refractivity contribution < 1.29 is 13.2 Å². The largest absolute Gasteiger partial charge is 0.356 e. The first-order valence-corrected chi connectivity index (χ1v) is 10.2. The fourth-order valence-corrected chi connectivity index (χ4v) is 5.10. The van der Waals surface area contributed by atoms with Crippen LogP contribution in [0.1, 0.15) is 25.6 Å². The highest BCUT2D eigenvalue weighted by atomic mass is 32.2. The molecule has 2 aromatic rings. The van der Waals surface area contributed by atoms with Crippen molar-refractivity contribution in [3.05, 3.63) is 30.1 Å². The number of nitrogens with zero attached hydrogens (tertiary/aromatic N) is 2. The molecular weight excluding hydrogens is 326 g/mol. The molecule has 2 heterocycles. The average Bonchev–Trinajstić information content (AvgIpc) is 3.10. The van der Waals surface area contributed by atoms with Crippen molar-refractivity contribution >= 4 is 26.8 Å². The van der Waals surface area contributed by atoms with Crippen LogP contribution in [-0.2, 0) is 27.6 Å². The van der Waals surface area contributed by atoms with E-state index in [1.165, 1.54) is 0 Å². The molecule has 0 aliphatic carbocycles. The van der Waals surface area contributed by atoms with Gasteiger partial charge in [0.05, 0.1) is 22.5 Å². The van der Waals surface area contributed by atoms with E-state index in [4.69, 9.17) is 0 Å². The van der Waals surface area contributed by atoms with Gasteiger partial charge in [0.15, 0.2) is 9.84 Å². The van der Waals surface area contributed by atoms with Crippen molar-refractivity contribution in [2.45, 2.75) is 32.7 Å². The first-order chi connectivity index (χ1) is 11.5. The molecular formula is C17H23N3O3S. The van der Waals surface area contributed by atoms with Crippen LogP contribution >= 0.6 is 0 Å². The van der Waals surface area contributed by atoms with Crippen molar-refractivity contribution in [1.29, 1.82) is 0 Å². The Balaban J connectivity index is 1.57. The predicted octanol–water partition coefficient (Wildman–Crippen LogP) is 1.54. The number of hydrogen-bond acceptors (Lipinski definition) is 4. The van der Waals surface area contributed by atoms with Gasteiger partial charge in [0.1, 0.15) is 5.82 Å². The van der Waals surface area contributed by atoms with Gasteiger partial charge in [-0.3, -0.25) is 4.79 Å². The number of aryl methyl sites for hydroxylation is 2. The maximum absolute atomic E-state index is 12.1.